The number of hydrogen-bond acceptors (Lipinski definition) is 8. The Labute approximate surface area is 202 Å². The number of fused-ring (bicyclic) bond motifs is 1. The highest BCUT2D eigenvalue weighted by Crippen LogP contribution is 2.33. The molecule has 0 unspecified atom stereocenters. The Kier molecular flexibility index (Phi) is 5.97. The third-order valence-electron chi connectivity index (χ3n) is 5.84. The lowest BCUT2D eigenvalue weighted by molar-refractivity contribution is 0.0583. The van der Waals surface area contributed by atoms with Crippen LogP contribution in [0, 0.1) is 6.92 Å². The Morgan fingerprint density at radius 3 is 2.71 bits per heavy atom. The number of aromatic nitrogens is 6. The molecule has 0 bridgehead atoms. The van der Waals surface area contributed by atoms with Crippen molar-refractivity contribution < 1.29 is 10.2 Å². The van der Waals surface area contributed by atoms with Gasteiger partial charge in [0, 0.05) is 17.1 Å². The number of aryl methyl sites for hydroxylation is 2. The molecular formula is C24H29N7O2S. The molecule has 10 heteroatoms. The van der Waals surface area contributed by atoms with Crippen LogP contribution in [0.15, 0.2) is 30.0 Å². The van der Waals surface area contributed by atoms with E-state index in [1.54, 1.807) is 20.2 Å². The van der Waals surface area contributed by atoms with Crippen LogP contribution in [0.3, 0.4) is 0 Å². The molecule has 0 fully saturated rings. The SMILES string of the molecule is Cc1cn(-c2ccc(-c3csc(Nc4c5c(nn4CC(C)(C)O)CCCC5)n3)nc2CO)cn1. The highest BCUT2D eigenvalue weighted by atomic mass is 32.1. The highest BCUT2D eigenvalue weighted by Gasteiger charge is 2.25. The zero-order valence-electron chi connectivity index (χ0n) is 19.6. The molecule has 0 spiro atoms. The number of aliphatic hydroxyl groups is 2. The molecule has 0 saturated carbocycles. The molecule has 1 aliphatic carbocycles. The molecule has 178 valence electrons. The van der Waals surface area contributed by atoms with Crippen LogP contribution >= 0.6 is 11.3 Å². The fraction of sp³-hybridized carbons (Fsp3) is 0.417. The van der Waals surface area contributed by atoms with Crippen LogP contribution in [0.5, 0.6) is 0 Å². The van der Waals surface area contributed by atoms with Crippen LogP contribution in [0.4, 0.5) is 10.9 Å². The third-order valence-corrected chi connectivity index (χ3v) is 6.60. The maximum Gasteiger partial charge on any atom is 0.188 e. The van der Waals surface area contributed by atoms with Crippen molar-refractivity contribution in [1.82, 2.24) is 29.3 Å². The van der Waals surface area contributed by atoms with Gasteiger partial charge in [0.15, 0.2) is 5.13 Å². The molecule has 0 amide bonds. The van der Waals surface area contributed by atoms with Gasteiger partial charge in [0.1, 0.15) is 11.5 Å². The van der Waals surface area contributed by atoms with E-state index in [1.807, 2.05) is 39.9 Å². The summed E-state index contributed by atoms with van der Waals surface area (Å²) in [6.07, 6.45) is 7.82. The number of thiazole rings is 1. The Morgan fingerprint density at radius 1 is 1.15 bits per heavy atom. The van der Waals surface area contributed by atoms with E-state index in [9.17, 15) is 10.2 Å². The number of rotatable bonds is 7. The normalized spacial score (nSPS) is 13.8. The lowest BCUT2D eigenvalue weighted by atomic mass is 9.97. The molecule has 4 heterocycles. The van der Waals surface area contributed by atoms with Crippen LogP contribution in [0.25, 0.3) is 17.1 Å². The Bertz CT molecular complexity index is 1320. The van der Waals surface area contributed by atoms with Crippen molar-refractivity contribution in [2.45, 2.75) is 65.2 Å². The van der Waals surface area contributed by atoms with Crippen LogP contribution in [0.1, 0.15) is 49.3 Å². The van der Waals surface area contributed by atoms with Crippen molar-refractivity contribution >= 4 is 22.3 Å². The van der Waals surface area contributed by atoms with Crippen LogP contribution in [-0.2, 0) is 26.0 Å². The van der Waals surface area contributed by atoms with E-state index in [4.69, 9.17) is 10.1 Å². The molecule has 4 aromatic heterocycles. The molecule has 0 saturated heterocycles. The van der Waals surface area contributed by atoms with Gasteiger partial charge < -0.3 is 20.1 Å². The number of pyridine rings is 1. The fourth-order valence-electron chi connectivity index (χ4n) is 4.32. The van der Waals surface area contributed by atoms with Crippen molar-refractivity contribution in [1.29, 1.82) is 0 Å². The summed E-state index contributed by atoms with van der Waals surface area (Å²) in [4.78, 5) is 13.7. The Morgan fingerprint density at radius 2 is 1.97 bits per heavy atom. The molecule has 0 aliphatic heterocycles. The van der Waals surface area contributed by atoms with E-state index in [0.29, 0.717) is 17.9 Å². The Balaban J connectivity index is 1.44. The summed E-state index contributed by atoms with van der Waals surface area (Å²) in [6.45, 7) is 5.72. The van der Waals surface area contributed by atoms with Gasteiger partial charge in [-0.1, -0.05) is 0 Å². The lowest BCUT2D eigenvalue weighted by Gasteiger charge is -2.19. The van der Waals surface area contributed by atoms with Gasteiger partial charge in [0.05, 0.1) is 53.5 Å². The molecular weight excluding hydrogens is 450 g/mol. The number of aliphatic hydroxyl groups excluding tert-OH is 1. The summed E-state index contributed by atoms with van der Waals surface area (Å²) >= 11 is 1.49. The average molecular weight is 480 g/mol. The molecule has 34 heavy (non-hydrogen) atoms. The Hall–Kier alpha value is -3.08. The molecule has 3 N–H and O–H groups in total. The molecule has 9 nitrogen and oxygen atoms in total. The van der Waals surface area contributed by atoms with E-state index in [1.165, 1.54) is 16.9 Å². The van der Waals surface area contributed by atoms with Gasteiger partial charge in [-0.15, -0.1) is 11.3 Å². The number of nitrogens with zero attached hydrogens (tertiary/aromatic N) is 6. The van der Waals surface area contributed by atoms with E-state index in [2.05, 4.69) is 15.3 Å². The second kappa shape index (κ2) is 8.94. The van der Waals surface area contributed by atoms with Crippen molar-refractivity contribution in [3.05, 3.63) is 52.7 Å². The van der Waals surface area contributed by atoms with Gasteiger partial charge in [0.25, 0.3) is 0 Å². The zero-order valence-corrected chi connectivity index (χ0v) is 20.4. The van der Waals surface area contributed by atoms with Gasteiger partial charge in [-0.2, -0.15) is 5.10 Å². The molecule has 5 rings (SSSR count). The first-order chi connectivity index (χ1) is 16.3. The summed E-state index contributed by atoms with van der Waals surface area (Å²) in [5.41, 5.74) is 5.13. The van der Waals surface area contributed by atoms with Crippen LogP contribution in [-0.4, -0.2) is 45.1 Å². The first-order valence-corrected chi connectivity index (χ1v) is 12.3. The van der Waals surface area contributed by atoms with Crippen LogP contribution in [0.2, 0.25) is 0 Å². The number of hydrogen-bond donors (Lipinski definition) is 3. The molecule has 0 radical (unpaired) electrons. The number of imidazole rings is 1. The second-order valence-electron chi connectivity index (χ2n) is 9.36. The fourth-order valence-corrected chi connectivity index (χ4v) is 5.02. The van der Waals surface area contributed by atoms with Gasteiger partial charge >= 0.3 is 0 Å². The molecule has 4 aromatic rings. The third kappa shape index (κ3) is 4.61. The zero-order chi connectivity index (χ0) is 23.9. The van der Waals surface area contributed by atoms with Gasteiger partial charge in [-0.05, 0) is 58.6 Å². The lowest BCUT2D eigenvalue weighted by Crippen LogP contribution is -2.27. The summed E-state index contributed by atoms with van der Waals surface area (Å²) in [5.74, 6) is 0.910. The number of anilines is 2. The van der Waals surface area contributed by atoms with E-state index in [0.717, 1.165) is 59.4 Å². The predicted molar refractivity (Wildman–Crippen MR) is 132 cm³/mol. The molecule has 0 atom stereocenters. The van der Waals surface area contributed by atoms with Crippen molar-refractivity contribution in [2.75, 3.05) is 5.32 Å². The smallest absolute Gasteiger partial charge is 0.188 e. The van der Waals surface area contributed by atoms with Crippen molar-refractivity contribution in [3.8, 4) is 17.1 Å². The second-order valence-corrected chi connectivity index (χ2v) is 10.2. The molecule has 1 aliphatic rings. The predicted octanol–water partition coefficient (Wildman–Crippen LogP) is 3.78. The molecule has 0 aromatic carbocycles. The van der Waals surface area contributed by atoms with Gasteiger partial charge in [0.2, 0.25) is 0 Å². The topological polar surface area (TPSA) is 114 Å². The summed E-state index contributed by atoms with van der Waals surface area (Å²) in [7, 11) is 0. The largest absolute Gasteiger partial charge is 0.390 e. The quantitative estimate of drug-likeness (QED) is 0.370. The van der Waals surface area contributed by atoms with Crippen LogP contribution < -0.4 is 5.32 Å². The standard InChI is InChI=1S/C24H29N7O2S/c1-15-10-30(14-25-15)21-9-8-18(26-19(21)11-32)20-12-34-23(27-20)28-22-16-6-4-5-7-17(16)29-31(22)13-24(2,3)33/h8-10,12,14,32-33H,4-7,11,13H2,1-3H3,(H,27,28). The maximum atomic E-state index is 10.4. The first kappa shape index (κ1) is 22.7. The first-order valence-electron chi connectivity index (χ1n) is 11.5. The minimum Gasteiger partial charge on any atom is -0.390 e. The van der Waals surface area contributed by atoms with Crippen molar-refractivity contribution in [3.63, 3.8) is 0 Å². The van der Waals surface area contributed by atoms with Crippen molar-refractivity contribution in [2.24, 2.45) is 0 Å². The number of nitrogens with one attached hydrogen (secondary N) is 1. The minimum absolute atomic E-state index is 0.183. The minimum atomic E-state index is -0.876. The summed E-state index contributed by atoms with van der Waals surface area (Å²) in [6, 6.07) is 3.83. The average Bonchev–Trinajstić information content (AvgIpc) is 3.52. The summed E-state index contributed by atoms with van der Waals surface area (Å²) in [5, 5.41) is 31.3. The van der Waals surface area contributed by atoms with Gasteiger partial charge in [-0.25, -0.2) is 19.6 Å². The van der Waals surface area contributed by atoms with E-state index < -0.39 is 5.60 Å². The van der Waals surface area contributed by atoms with Gasteiger partial charge in [-0.3, -0.25) is 0 Å². The van der Waals surface area contributed by atoms with E-state index in [-0.39, 0.29) is 6.61 Å². The monoisotopic (exact) mass is 479 g/mol. The maximum absolute atomic E-state index is 10.4. The van der Waals surface area contributed by atoms with E-state index >= 15 is 0 Å². The summed E-state index contributed by atoms with van der Waals surface area (Å²) < 4.78 is 3.74. The highest BCUT2D eigenvalue weighted by molar-refractivity contribution is 7.14.